The summed E-state index contributed by atoms with van der Waals surface area (Å²) in [5, 5.41) is 0. The number of benzene rings is 1. The van der Waals surface area contributed by atoms with E-state index in [0.717, 1.165) is 10.8 Å². The predicted octanol–water partition coefficient (Wildman–Crippen LogP) is 4.03. The number of carbonyl (C=O) groups is 1. The number of hydrogen-bond acceptors (Lipinski definition) is 2. The quantitative estimate of drug-likeness (QED) is 0.785. The zero-order valence-electron chi connectivity index (χ0n) is 10.3. The molecule has 0 N–H and O–H groups in total. The average Bonchev–Trinajstić information content (AvgIpc) is 2.70. The largest absolute Gasteiger partial charge is 0.366 e. The molecule has 0 spiro atoms. The summed E-state index contributed by atoms with van der Waals surface area (Å²) in [6, 6.07) is 7.24. The lowest BCUT2D eigenvalue weighted by Crippen LogP contribution is -2.34. The minimum atomic E-state index is 0.592. The van der Waals surface area contributed by atoms with Crippen LogP contribution in [0.1, 0.15) is 43.5 Å². The van der Waals surface area contributed by atoms with Crippen LogP contribution in [0.5, 0.6) is 0 Å². The summed E-state index contributed by atoms with van der Waals surface area (Å²) in [5.74, 6) is 0. The smallest absolute Gasteiger partial charge is 0.151 e. The summed E-state index contributed by atoms with van der Waals surface area (Å²) in [4.78, 5) is 13.3. The lowest BCUT2D eigenvalue weighted by Gasteiger charge is -2.30. The van der Waals surface area contributed by atoms with Crippen molar-refractivity contribution in [3.8, 4) is 0 Å². The van der Waals surface area contributed by atoms with Gasteiger partial charge in [-0.25, -0.2) is 0 Å². The normalized spacial score (nSPS) is 24.1. The molecule has 1 aromatic carbocycles. The first-order chi connectivity index (χ1) is 8.17. The van der Waals surface area contributed by atoms with Gasteiger partial charge in [0.2, 0.25) is 0 Å². The van der Waals surface area contributed by atoms with Gasteiger partial charge < -0.3 is 4.90 Å². The van der Waals surface area contributed by atoms with Crippen molar-refractivity contribution in [1.82, 2.24) is 0 Å². The molecule has 2 nitrogen and oxygen atoms in total. The molecule has 1 heterocycles. The fraction of sp³-hybridized carbons (Fsp3) is 0.500. The van der Waals surface area contributed by atoms with Crippen molar-refractivity contribution in [2.45, 2.75) is 45.2 Å². The molecule has 2 rings (SSSR count). The van der Waals surface area contributed by atoms with Gasteiger partial charge >= 0.3 is 0 Å². The number of anilines is 1. The summed E-state index contributed by atoms with van der Waals surface area (Å²) in [6.45, 7) is 4.52. The first-order valence-corrected chi connectivity index (χ1v) is 6.99. The molecular weight excluding hydrogens is 278 g/mol. The minimum Gasteiger partial charge on any atom is -0.366 e. The van der Waals surface area contributed by atoms with Crippen molar-refractivity contribution >= 4 is 27.9 Å². The second-order valence-corrected chi connectivity index (χ2v) is 5.57. The van der Waals surface area contributed by atoms with Gasteiger partial charge in [0.05, 0.1) is 0 Å². The Morgan fingerprint density at radius 3 is 2.82 bits per heavy atom. The second-order valence-electron chi connectivity index (χ2n) is 4.72. The van der Waals surface area contributed by atoms with Gasteiger partial charge in [0.25, 0.3) is 0 Å². The molecule has 17 heavy (non-hydrogen) atoms. The van der Waals surface area contributed by atoms with Crippen LogP contribution in [0.2, 0.25) is 0 Å². The Morgan fingerprint density at radius 1 is 1.47 bits per heavy atom. The van der Waals surface area contributed by atoms with E-state index in [1.54, 1.807) is 0 Å². The second kappa shape index (κ2) is 5.21. The van der Waals surface area contributed by atoms with Crippen LogP contribution < -0.4 is 4.90 Å². The molecular formula is C14H18BrNO. The van der Waals surface area contributed by atoms with E-state index in [4.69, 9.17) is 0 Å². The summed E-state index contributed by atoms with van der Waals surface area (Å²) >= 11 is 3.46. The molecule has 0 aliphatic carbocycles. The van der Waals surface area contributed by atoms with Gasteiger partial charge in [-0.1, -0.05) is 6.92 Å². The van der Waals surface area contributed by atoms with Crippen LogP contribution >= 0.6 is 15.9 Å². The SMILES string of the molecule is CCC1CCC(C)N1c1ccc(C=O)c(Br)c1. The Balaban J connectivity index is 2.32. The molecule has 0 radical (unpaired) electrons. The van der Waals surface area contributed by atoms with Crippen LogP contribution in [0.4, 0.5) is 5.69 Å². The Labute approximate surface area is 111 Å². The highest BCUT2D eigenvalue weighted by Gasteiger charge is 2.29. The standard InChI is InChI=1S/C14H18BrNO/c1-3-12-6-4-10(2)16(12)13-7-5-11(9-17)14(15)8-13/h5,7-10,12H,3-4,6H2,1-2H3. The summed E-state index contributed by atoms with van der Waals surface area (Å²) in [7, 11) is 0. The first kappa shape index (κ1) is 12.6. The lowest BCUT2D eigenvalue weighted by atomic mass is 10.1. The van der Waals surface area contributed by atoms with Crippen molar-refractivity contribution < 1.29 is 4.79 Å². The maximum absolute atomic E-state index is 10.8. The number of rotatable bonds is 3. The van der Waals surface area contributed by atoms with Crippen molar-refractivity contribution in [2.24, 2.45) is 0 Å². The van der Waals surface area contributed by atoms with E-state index in [2.05, 4.69) is 46.8 Å². The fourth-order valence-electron chi connectivity index (χ4n) is 2.71. The average molecular weight is 296 g/mol. The number of aldehydes is 1. The highest BCUT2D eigenvalue weighted by molar-refractivity contribution is 9.10. The minimum absolute atomic E-state index is 0.592. The van der Waals surface area contributed by atoms with Crippen LogP contribution in [-0.2, 0) is 0 Å². The zero-order chi connectivity index (χ0) is 12.4. The Hall–Kier alpha value is -0.830. The van der Waals surface area contributed by atoms with E-state index in [1.165, 1.54) is 24.9 Å². The van der Waals surface area contributed by atoms with Crippen molar-refractivity contribution in [2.75, 3.05) is 4.90 Å². The lowest BCUT2D eigenvalue weighted by molar-refractivity contribution is 0.112. The van der Waals surface area contributed by atoms with Crippen LogP contribution in [0.25, 0.3) is 0 Å². The van der Waals surface area contributed by atoms with Crippen LogP contribution in [-0.4, -0.2) is 18.4 Å². The summed E-state index contributed by atoms with van der Waals surface area (Å²) in [6.07, 6.45) is 4.59. The fourth-order valence-corrected chi connectivity index (χ4v) is 3.17. The third-order valence-electron chi connectivity index (χ3n) is 3.67. The molecule has 0 aromatic heterocycles. The topological polar surface area (TPSA) is 20.3 Å². The summed E-state index contributed by atoms with van der Waals surface area (Å²) in [5.41, 5.74) is 1.94. The molecule has 0 amide bonds. The third-order valence-corrected chi connectivity index (χ3v) is 4.35. The molecule has 2 atom stereocenters. The number of carbonyl (C=O) groups excluding carboxylic acids is 1. The van der Waals surface area contributed by atoms with Gasteiger partial charge in [0.15, 0.2) is 6.29 Å². The molecule has 1 aliphatic heterocycles. The highest BCUT2D eigenvalue weighted by atomic mass is 79.9. The molecule has 1 saturated heterocycles. The Bertz CT molecular complexity index is 419. The van der Waals surface area contributed by atoms with Crippen molar-refractivity contribution in [3.05, 3.63) is 28.2 Å². The van der Waals surface area contributed by atoms with Gasteiger partial charge in [0, 0.05) is 27.8 Å². The van der Waals surface area contributed by atoms with E-state index >= 15 is 0 Å². The molecule has 2 unspecified atom stereocenters. The predicted molar refractivity (Wildman–Crippen MR) is 74.8 cm³/mol. The summed E-state index contributed by atoms with van der Waals surface area (Å²) < 4.78 is 0.888. The number of nitrogens with zero attached hydrogens (tertiary/aromatic N) is 1. The Morgan fingerprint density at radius 2 is 2.24 bits per heavy atom. The van der Waals surface area contributed by atoms with E-state index in [1.807, 2.05) is 6.07 Å². The zero-order valence-corrected chi connectivity index (χ0v) is 11.9. The van der Waals surface area contributed by atoms with E-state index in [9.17, 15) is 4.79 Å². The van der Waals surface area contributed by atoms with Gasteiger partial charge in [-0.3, -0.25) is 4.79 Å². The van der Waals surface area contributed by atoms with E-state index < -0.39 is 0 Å². The van der Waals surface area contributed by atoms with Gasteiger partial charge in [-0.2, -0.15) is 0 Å². The molecule has 3 heteroatoms. The molecule has 92 valence electrons. The molecule has 1 aliphatic rings. The van der Waals surface area contributed by atoms with E-state index in [-0.39, 0.29) is 0 Å². The maximum Gasteiger partial charge on any atom is 0.151 e. The molecule has 0 bridgehead atoms. The number of hydrogen-bond donors (Lipinski definition) is 0. The van der Waals surface area contributed by atoms with Gasteiger partial charge in [0.1, 0.15) is 0 Å². The number of halogens is 1. The molecule has 0 saturated carbocycles. The third kappa shape index (κ3) is 2.39. The molecule has 1 fully saturated rings. The van der Waals surface area contributed by atoms with Crippen molar-refractivity contribution in [3.63, 3.8) is 0 Å². The van der Waals surface area contributed by atoms with Crippen LogP contribution in [0, 0.1) is 0 Å². The van der Waals surface area contributed by atoms with E-state index in [0.29, 0.717) is 17.6 Å². The Kier molecular flexibility index (Phi) is 3.87. The highest BCUT2D eigenvalue weighted by Crippen LogP contribution is 2.33. The van der Waals surface area contributed by atoms with Gasteiger partial charge in [-0.15, -0.1) is 0 Å². The molecule has 1 aromatic rings. The van der Waals surface area contributed by atoms with Crippen LogP contribution in [0.3, 0.4) is 0 Å². The van der Waals surface area contributed by atoms with Gasteiger partial charge in [-0.05, 0) is 60.3 Å². The monoisotopic (exact) mass is 295 g/mol. The van der Waals surface area contributed by atoms with Crippen LogP contribution in [0.15, 0.2) is 22.7 Å². The maximum atomic E-state index is 10.8. The van der Waals surface area contributed by atoms with Crippen molar-refractivity contribution in [1.29, 1.82) is 0 Å². The first-order valence-electron chi connectivity index (χ1n) is 6.20.